The predicted molar refractivity (Wildman–Crippen MR) is 109 cm³/mol. The Balaban J connectivity index is 1.54. The Morgan fingerprint density at radius 3 is 2.53 bits per heavy atom. The predicted octanol–water partition coefficient (Wildman–Crippen LogP) is 2.44. The fourth-order valence-corrected chi connectivity index (χ4v) is 5.42. The molecule has 0 aliphatic carbocycles. The number of fused-ring (bicyclic) bond motifs is 1. The van der Waals surface area contributed by atoms with Crippen LogP contribution < -0.4 is 9.47 Å². The number of rotatable bonds is 5. The zero-order valence-electron chi connectivity index (χ0n) is 16.9. The highest BCUT2D eigenvalue weighted by Gasteiger charge is 2.42. The summed E-state index contributed by atoms with van der Waals surface area (Å²) < 4.78 is 24.2. The molecule has 30 heavy (non-hydrogen) atoms. The molecule has 4 heterocycles. The Hall–Kier alpha value is -2.40. The number of thiazole rings is 1. The summed E-state index contributed by atoms with van der Waals surface area (Å²) in [6.07, 6.45) is 3.00. The summed E-state index contributed by atoms with van der Waals surface area (Å²) in [5, 5.41) is 15.1. The van der Waals surface area contributed by atoms with Crippen molar-refractivity contribution in [2.45, 2.75) is 24.7 Å². The van der Waals surface area contributed by atoms with Crippen LogP contribution >= 0.6 is 11.3 Å². The maximum atomic E-state index is 10.9. The second-order valence-electron chi connectivity index (χ2n) is 7.40. The van der Waals surface area contributed by atoms with Crippen LogP contribution in [-0.4, -0.2) is 70.9 Å². The van der Waals surface area contributed by atoms with E-state index in [-0.39, 0.29) is 11.9 Å². The summed E-state index contributed by atoms with van der Waals surface area (Å²) in [5.41, 5.74) is 0.997. The van der Waals surface area contributed by atoms with E-state index in [0.29, 0.717) is 29.7 Å². The Morgan fingerprint density at radius 2 is 1.87 bits per heavy atom. The van der Waals surface area contributed by atoms with Crippen molar-refractivity contribution >= 4 is 16.3 Å². The first-order valence-electron chi connectivity index (χ1n) is 9.89. The van der Waals surface area contributed by atoms with Crippen LogP contribution in [0, 0.1) is 0 Å². The number of ether oxygens (including phenoxy) is 4. The molecule has 9 nitrogen and oxygen atoms in total. The lowest BCUT2D eigenvalue weighted by molar-refractivity contribution is -0.187. The van der Waals surface area contributed by atoms with Crippen molar-refractivity contribution in [3.05, 3.63) is 35.0 Å². The fraction of sp³-hybridized carbons (Fsp3) is 0.500. The summed E-state index contributed by atoms with van der Waals surface area (Å²) in [6, 6.07) is 5.68. The van der Waals surface area contributed by atoms with Crippen molar-refractivity contribution in [3.63, 3.8) is 0 Å². The van der Waals surface area contributed by atoms with E-state index in [0.717, 1.165) is 36.4 Å². The topological polar surface area (TPSA) is 90.6 Å². The molecule has 0 amide bonds. The SMILES string of the molecule is COc1ccc([C@@H](c2sc3ncnn3c2O)N2CCC3(CC2)OCCO3)cc1OC. The lowest BCUT2D eigenvalue weighted by atomic mass is 9.97. The van der Waals surface area contributed by atoms with Gasteiger partial charge >= 0.3 is 0 Å². The van der Waals surface area contributed by atoms with E-state index in [1.54, 1.807) is 14.2 Å². The number of likely N-dealkylation sites (tertiary alicyclic amines) is 1. The number of nitrogens with zero attached hydrogens (tertiary/aromatic N) is 4. The van der Waals surface area contributed by atoms with Crippen LogP contribution in [0.1, 0.15) is 29.3 Å². The average molecular weight is 433 g/mol. The minimum absolute atomic E-state index is 0.112. The highest BCUT2D eigenvalue weighted by atomic mass is 32.1. The molecular weight excluding hydrogens is 408 g/mol. The molecule has 160 valence electrons. The molecule has 2 aliphatic rings. The number of hydrogen-bond donors (Lipinski definition) is 1. The number of methoxy groups -OCH3 is 2. The minimum atomic E-state index is -0.466. The van der Waals surface area contributed by atoms with Crippen LogP contribution in [0.4, 0.5) is 0 Å². The Morgan fingerprint density at radius 1 is 1.13 bits per heavy atom. The summed E-state index contributed by atoms with van der Waals surface area (Å²) in [6.45, 7) is 2.83. The molecule has 0 radical (unpaired) electrons. The first-order valence-corrected chi connectivity index (χ1v) is 10.7. The summed E-state index contributed by atoms with van der Waals surface area (Å²) in [4.78, 5) is 8.03. The van der Waals surface area contributed by atoms with Gasteiger partial charge in [-0.1, -0.05) is 17.4 Å². The Labute approximate surface area is 177 Å². The normalized spacial score (nSPS) is 20.1. The van der Waals surface area contributed by atoms with Crippen molar-refractivity contribution in [1.29, 1.82) is 0 Å². The van der Waals surface area contributed by atoms with Crippen LogP contribution in [0.15, 0.2) is 24.5 Å². The molecule has 0 saturated carbocycles. The number of piperidine rings is 1. The number of hydrogen-bond acceptors (Lipinski definition) is 9. The van der Waals surface area contributed by atoms with E-state index >= 15 is 0 Å². The molecule has 0 unspecified atom stereocenters. The second-order valence-corrected chi connectivity index (χ2v) is 8.41. The summed E-state index contributed by atoms with van der Waals surface area (Å²) >= 11 is 1.44. The van der Waals surface area contributed by atoms with Gasteiger partial charge in [-0.05, 0) is 17.7 Å². The molecular formula is C20H24N4O5S. The van der Waals surface area contributed by atoms with Gasteiger partial charge in [-0.25, -0.2) is 4.98 Å². The lowest BCUT2D eigenvalue weighted by Gasteiger charge is -2.41. The number of aromatic hydroxyl groups is 1. The number of benzene rings is 1. The molecule has 0 bridgehead atoms. The third-order valence-corrected chi connectivity index (χ3v) is 6.94. The van der Waals surface area contributed by atoms with Gasteiger partial charge in [0, 0.05) is 25.9 Å². The molecule has 2 aromatic heterocycles. The third-order valence-electron chi connectivity index (χ3n) is 5.85. The fourth-order valence-electron chi connectivity index (χ4n) is 4.33. The summed E-state index contributed by atoms with van der Waals surface area (Å²) in [5.74, 6) is 0.958. The summed E-state index contributed by atoms with van der Waals surface area (Å²) in [7, 11) is 3.24. The van der Waals surface area contributed by atoms with E-state index in [2.05, 4.69) is 15.0 Å². The maximum Gasteiger partial charge on any atom is 0.230 e. The molecule has 2 saturated heterocycles. The van der Waals surface area contributed by atoms with Crippen molar-refractivity contribution < 1.29 is 24.1 Å². The lowest BCUT2D eigenvalue weighted by Crippen LogP contribution is -2.46. The van der Waals surface area contributed by atoms with Crippen LogP contribution in [-0.2, 0) is 9.47 Å². The molecule has 5 rings (SSSR count). The van der Waals surface area contributed by atoms with Crippen molar-refractivity contribution in [2.24, 2.45) is 0 Å². The molecule has 3 aromatic rings. The van der Waals surface area contributed by atoms with Crippen molar-refractivity contribution in [3.8, 4) is 17.4 Å². The Bertz CT molecular complexity index is 1040. The maximum absolute atomic E-state index is 10.9. The van der Waals surface area contributed by atoms with Gasteiger partial charge in [-0.15, -0.1) is 0 Å². The van der Waals surface area contributed by atoms with Crippen molar-refractivity contribution in [1.82, 2.24) is 19.5 Å². The monoisotopic (exact) mass is 432 g/mol. The smallest absolute Gasteiger partial charge is 0.230 e. The zero-order chi connectivity index (χ0) is 20.7. The Kier molecular flexibility index (Phi) is 5.02. The quantitative estimate of drug-likeness (QED) is 0.658. The first kappa shape index (κ1) is 19.6. The van der Waals surface area contributed by atoms with Gasteiger partial charge in [0.25, 0.3) is 0 Å². The highest BCUT2D eigenvalue weighted by molar-refractivity contribution is 7.17. The van der Waals surface area contributed by atoms with E-state index in [1.165, 1.54) is 22.2 Å². The molecule has 2 aliphatic heterocycles. The molecule has 10 heteroatoms. The van der Waals surface area contributed by atoms with Gasteiger partial charge in [0.15, 0.2) is 17.3 Å². The largest absolute Gasteiger partial charge is 0.493 e. The van der Waals surface area contributed by atoms with Crippen molar-refractivity contribution in [2.75, 3.05) is 40.5 Å². The van der Waals surface area contributed by atoms with Gasteiger partial charge < -0.3 is 24.1 Å². The van der Waals surface area contributed by atoms with E-state index < -0.39 is 5.79 Å². The molecule has 1 atom stereocenters. The molecule has 1 aromatic carbocycles. The zero-order valence-corrected chi connectivity index (χ0v) is 17.7. The average Bonchev–Trinajstić information content (AvgIpc) is 3.49. The van der Waals surface area contributed by atoms with Gasteiger partial charge in [0.2, 0.25) is 10.8 Å². The van der Waals surface area contributed by atoms with E-state index in [1.807, 2.05) is 18.2 Å². The van der Waals surface area contributed by atoms with Gasteiger partial charge in [0.05, 0.1) is 38.4 Å². The van der Waals surface area contributed by atoms with Crippen LogP contribution in [0.25, 0.3) is 4.96 Å². The van der Waals surface area contributed by atoms with E-state index in [4.69, 9.17) is 18.9 Å². The standard InChI is InChI=1S/C20H24N4O5S/c1-26-14-4-3-13(11-15(14)27-2)16(17-18(25)24-19(30-17)21-12-22-24)23-7-5-20(6-8-23)28-9-10-29-20/h3-4,11-12,16,25H,5-10H2,1-2H3/t16-/m0/s1. The molecule has 2 fully saturated rings. The third kappa shape index (κ3) is 3.20. The van der Waals surface area contributed by atoms with Crippen LogP contribution in [0.5, 0.6) is 17.4 Å². The van der Waals surface area contributed by atoms with Crippen LogP contribution in [0.2, 0.25) is 0 Å². The van der Waals surface area contributed by atoms with E-state index in [9.17, 15) is 5.11 Å². The van der Waals surface area contributed by atoms with Gasteiger partial charge in [-0.3, -0.25) is 4.90 Å². The van der Waals surface area contributed by atoms with Crippen LogP contribution in [0.3, 0.4) is 0 Å². The molecule has 1 spiro atoms. The van der Waals surface area contributed by atoms with Gasteiger partial charge in [0.1, 0.15) is 6.33 Å². The highest BCUT2D eigenvalue weighted by Crippen LogP contribution is 2.44. The minimum Gasteiger partial charge on any atom is -0.493 e. The number of aromatic nitrogens is 3. The van der Waals surface area contributed by atoms with Gasteiger partial charge in [-0.2, -0.15) is 9.61 Å². The first-order chi connectivity index (χ1) is 14.6. The second kappa shape index (κ2) is 7.69. The molecule has 1 N–H and O–H groups in total.